The van der Waals surface area contributed by atoms with Crippen molar-refractivity contribution >= 4 is 34.9 Å². The van der Waals surface area contributed by atoms with E-state index in [2.05, 4.69) is 10.2 Å². The third-order valence-corrected chi connectivity index (χ3v) is 9.74. The summed E-state index contributed by atoms with van der Waals surface area (Å²) >= 11 is 5.53. The van der Waals surface area contributed by atoms with Gasteiger partial charge in [0.15, 0.2) is 10.7 Å². The number of amides is 1. The number of nitrogens with one attached hydrogen (secondary N) is 1. The van der Waals surface area contributed by atoms with Crippen LogP contribution in [-0.2, 0) is 14.3 Å². The van der Waals surface area contributed by atoms with Gasteiger partial charge >= 0.3 is 5.97 Å². The fraction of sp³-hybridized carbons (Fsp3) is 0.640. The number of halogens is 1. The predicted molar refractivity (Wildman–Crippen MR) is 127 cm³/mol. The summed E-state index contributed by atoms with van der Waals surface area (Å²) in [4.78, 5) is 30.4. The second-order valence-electron chi connectivity index (χ2n) is 11.0. The topological polar surface area (TPSA) is 61.9 Å². The fourth-order valence-electron chi connectivity index (χ4n) is 6.43. The monoisotopic (exact) mass is 473 g/mol. The second-order valence-corrected chi connectivity index (χ2v) is 11.4. The Morgan fingerprint density at radius 3 is 2.24 bits per heavy atom. The van der Waals surface area contributed by atoms with Crippen LogP contribution in [-0.4, -0.2) is 58.6 Å². The number of nitrogens with zero attached hydrogens (tertiary/aromatic N) is 2. The van der Waals surface area contributed by atoms with E-state index in [4.69, 9.17) is 17.0 Å². The van der Waals surface area contributed by atoms with E-state index in [1.807, 2.05) is 25.7 Å². The van der Waals surface area contributed by atoms with Gasteiger partial charge in [-0.25, -0.2) is 4.39 Å². The van der Waals surface area contributed by atoms with Gasteiger partial charge in [0.2, 0.25) is 0 Å². The molecule has 6 nitrogen and oxygen atoms in total. The number of carbonyl (C=O) groups is 2. The Bertz CT molecular complexity index is 1020. The lowest BCUT2D eigenvalue weighted by atomic mass is 9.66. The van der Waals surface area contributed by atoms with Gasteiger partial charge in [0.25, 0.3) is 5.91 Å². The number of ether oxygens (including phenoxy) is 1. The van der Waals surface area contributed by atoms with Gasteiger partial charge in [-0.1, -0.05) is 26.0 Å². The van der Waals surface area contributed by atoms with Gasteiger partial charge in [-0.05, 0) is 68.8 Å². The molecule has 0 aromatic heterocycles. The third kappa shape index (κ3) is 3.12. The molecule has 1 amide bonds. The molecular weight excluding hydrogens is 441 g/mol. The molecule has 1 aliphatic carbocycles. The van der Waals surface area contributed by atoms with Crippen molar-refractivity contribution in [2.24, 2.45) is 16.2 Å². The molecule has 1 aromatic carbocycles. The molecule has 2 unspecified atom stereocenters. The number of anilines is 1. The van der Waals surface area contributed by atoms with E-state index in [1.54, 1.807) is 18.2 Å². The molecule has 1 spiro atoms. The molecule has 3 aliphatic heterocycles. The van der Waals surface area contributed by atoms with Gasteiger partial charge in [0, 0.05) is 31.6 Å². The number of fused-ring (bicyclic) bond motifs is 2. The molecule has 3 heterocycles. The zero-order chi connectivity index (χ0) is 23.6. The lowest BCUT2D eigenvalue weighted by Crippen LogP contribution is -2.55. The molecule has 1 N–H and O–H groups in total. The van der Waals surface area contributed by atoms with Gasteiger partial charge in [-0.15, -0.1) is 0 Å². The maximum absolute atomic E-state index is 14.0. The average Bonchev–Trinajstić information content (AvgIpc) is 3.33. The zero-order valence-electron chi connectivity index (χ0n) is 19.6. The molecule has 5 rings (SSSR count). The lowest BCUT2D eigenvalue weighted by Gasteiger charge is -2.41. The first kappa shape index (κ1) is 22.6. The summed E-state index contributed by atoms with van der Waals surface area (Å²) in [6, 6.07) is 6.52. The van der Waals surface area contributed by atoms with Crippen molar-refractivity contribution in [3.05, 3.63) is 30.1 Å². The summed E-state index contributed by atoms with van der Waals surface area (Å²) in [7, 11) is 0. The molecule has 1 aromatic rings. The van der Waals surface area contributed by atoms with Crippen LogP contribution < -0.4 is 5.32 Å². The molecule has 1 saturated carbocycles. The first-order valence-electron chi connectivity index (χ1n) is 11.9. The SMILES string of the molecule is CC12CCC(C(=O)N3CCC4(CCN(C(=S)Nc5ccccc5F)CC4)C3)(OC1=O)C2(C)C. The van der Waals surface area contributed by atoms with Crippen LogP contribution in [0.1, 0.15) is 52.9 Å². The van der Waals surface area contributed by atoms with E-state index >= 15 is 0 Å². The molecule has 2 bridgehead atoms. The van der Waals surface area contributed by atoms with Gasteiger partial charge in [-0.2, -0.15) is 0 Å². The van der Waals surface area contributed by atoms with Crippen molar-refractivity contribution in [3.63, 3.8) is 0 Å². The predicted octanol–water partition coefficient (Wildman–Crippen LogP) is 3.96. The van der Waals surface area contributed by atoms with E-state index in [-0.39, 0.29) is 23.1 Å². The zero-order valence-corrected chi connectivity index (χ0v) is 20.4. The number of thiocarbonyl (C=S) groups is 1. The molecule has 4 aliphatic rings. The highest BCUT2D eigenvalue weighted by atomic mass is 32.1. The minimum Gasteiger partial charge on any atom is -0.448 e. The Labute approximate surface area is 199 Å². The van der Waals surface area contributed by atoms with Crippen LogP contribution in [0.3, 0.4) is 0 Å². The van der Waals surface area contributed by atoms with E-state index in [9.17, 15) is 14.0 Å². The lowest BCUT2D eigenvalue weighted by molar-refractivity contribution is -0.173. The Hall–Kier alpha value is -2.22. The average molecular weight is 474 g/mol. The highest BCUT2D eigenvalue weighted by Gasteiger charge is 2.76. The molecule has 8 heteroatoms. The number of hydrogen-bond donors (Lipinski definition) is 1. The molecule has 2 atom stereocenters. The van der Waals surface area contributed by atoms with Crippen LogP contribution in [0, 0.1) is 22.1 Å². The van der Waals surface area contributed by atoms with Gasteiger partial charge in [-0.3, -0.25) is 9.59 Å². The largest absolute Gasteiger partial charge is 0.448 e. The Balaban J connectivity index is 1.22. The normalized spacial score (nSPS) is 31.7. The van der Waals surface area contributed by atoms with Crippen LogP contribution in [0.15, 0.2) is 24.3 Å². The summed E-state index contributed by atoms with van der Waals surface area (Å²) in [5, 5.41) is 3.56. The van der Waals surface area contributed by atoms with Crippen molar-refractivity contribution < 1.29 is 18.7 Å². The van der Waals surface area contributed by atoms with Crippen molar-refractivity contribution in [1.82, 2.24) is 9.80 Å². The first-order chi connectivity index (χ1) is 15.5. The second kappa shape index (κ2) is 7.39. The number of rotatable bonds is 2. The summed E-state index contributed by atoms with van der Waals surface area (Å²) in [6.07, 6.45) is 4.09. The quantitative estimate of drug-likeness (QED) is 0.518. The standard InChI is InChI=1S/C25H32FN3O3S/c1-22(2)23(3)8-9-25(22,32-20(23)31)19(30)29-15-12-24(16-29)10-13-28(14-11-24)21(33)27-18-7-5-4-6-17(18)26/h4-7H,8-16H2,1-3H3,(H,27,33). The van der Waals surface area contributed by atoms with E-state index in [0.29, 0.717) is 36.7 Å². The number of hydrogen-bond acceptors (Lipinski definition) is 4. The first-order valence-corrected chi connectivity index (χ1v) is 12.3. The minimum absolute atomic E-state index is 0.0156. The van der Waals surface area contributed by atoms with Gasteiger partial charge in [0.1, 0.15) is 5.82 Å². The number of para-hydroxylation sites is 1. The smallest absolute Gasteiger partial charge is 0.313 e. The Morgan fingerprint density at radius 1 is 1.03 bits per heavy atom. The van der Waals surface area contributed by atoms with Crippen LogP contribution in [0.25, 0.3) is 0 Å². The van der Waals surface area contributed by atoms with Crippen molar-refractivity contribution in [2.75, 3.05) is 31.5 Å². The van der Waals surface area contributed by atoms with Gasteiger partial charge in [0.05, 0.1) is 11.1 Å². The van der Waals surface area contributed by atoms with Crippen molar-refractivity contribution in [1.29, 1.82) is 0 Å². The maximum atomic E-state index is 14.0. The number of esters is 1. The number of piperidine rings is 1. The van der Waals surface area contributed by atoms with E-state index in [0.717, 1.165) is 32.4 Å². The summed E-state index contributed by atoms with van der Waals surface area (Å²) < 4.78 is 19.8. The fourth-order valence-corrected chi connectivity index (χ4v) is 6.73. The summed E-state index contributed by atoms with van der Waals surface area (Å²) in [6.45, 7) is 8.89. The van der Waals surface area contributed by atoms with E-state index < -0.39 is 16.4 Å². The van der Waals surface area contributed by atoms with Crippen molar-refractivity contribution in [3.8, 4) is 0 Å². The van der Waals surface area contributed by atoms with Crippen LogP contribution in [0.4, 0.5) is 10.1 Å². The van der Waals surface area contributed by atoms with Crippen LogP contribution in [0.2, 0.25) is 0 Å². The Kier molecular flexibility index (Phi) is 5.05. The van der Waals surface area contributed by atoms with Crippen LogP contribution >= 0.6 is 12.2 Å². The van der Waals surface area contributed by atoms with Gasteiger partial charge < -0.3 is 19.9 Å². The molecule has 178 valence electrons. The number of likely N-dealkylation sites (tertiary alicyclic amines) is 2. The highest BCUT2D eigenvalue weighted by Crippen LogP contribution is 2.66. The molecule has 4 fully saturated rings. The molecule has 33 heavy (non-hydrogen) atoms. The third-order valence-electron chi connectivity index (χ3n) is 9.38. The van der Waals surface area contributed by atoms with Crippen molar-refractivity contribution in [2.45, 2.75) is 58.5 Å². The summed E-state index contributed by atoms with van der Waals surface area (Å²) in [5.41, 5.74) is -1.69. The summed E-state index contributed by atoms with van der Waals surface area (Å²) in [5.74, 6) is -0.570. The number of carbonyl (C=O) groups excluding carboxylic acids is 2. The molecule has 3 saturated heterocycles. The number of benzene rings is 1. The maximum Gasteiger partial charge on any atom is 0.313 e. The van der Waals surface area contributed by atoms with E-state index in [1.165, 1.54) is 6.07 Å². The minimum atomic E-state index is -1.03. The van der Waals surface area contributed by atoms with Crippen LogP contribution in [0.5, 0.6) is 0 Å². The molecule has 0 radical (unpaired) electrons. The highest BCUT2D eigenvalue weighted by molar-refractivity contribution is 7.80. The Morgan fingerprint density at radius 2 is 1.67 bits per heavy atom. The molecular formula is C25H32FN3O3S.